The van der Waals surface area contributed by atoms with Crippen molar-refractivity contribution >= 4 is 6.03 Å². The number of aromatic nitrogens is 2. The second kappa shape index (κ2) is 6.22. The van der Waals surface area contributed by atoms with E-state index in [0.717, 1.165) is 18.4 Å². The minimum atomic E-state index is -0.0123. The van der Waals surface area contributed by atoms with Crippen LogP contribution in [0.2, 0.25) is 0 Å². The molecule has 1 aliphatic carbocycles. The smallest absolute Gasteiger partial charge is 0.317 e. The van der Waals surface area contributed by atoms with Gasteiger partial charge in [0.05, 0.1) is 12.7 Å². The number of amides is 2. The van der Waals surface area contributed by atoms with Gasteiger partial charge in [0, 0.05) is 25.8 Å². The highest BCUT2D eigenvalue weighted by Crippen LogP contribution is 2.24. The van der Waals surface area contributed by atoms with E-state index < -0.39 is 0 Å². The van der Waals surface area contributed by atoms with Crippen LogP contribution in [0.4, 0.5) is 4.79 Å². The van der Waals surface area contributed by atoms with Crippen LogP contribution in [0, 0.1) is 6.92 Å². The molecule has 0 unspecified atom stereocenters. The van der Waals surface area contributed by atoms with Gasteiger partial charge in [0.1, 0.15) is 0 Å². The van der Waals surface area contributed by atoms with E-state index in [1.807, 2.05) is 35.9 Å². The topological polar surface area (TPSA) is 50.2 Å². The molecule has 0 fully saturated rings. The van der Waals surface area contributed by atoms with Crippen molar-refractivity contribution in [1.82, 2.24) is 20.0 Å². The Hall–Kier alpha value is -2.30. The summed E-state index contributed by atoms with van der Waals surface area (Å²) >= 11 is 0. The van der Waals surface area contributed by atoms with Gasteiger partial charge in [0.25, 0.3) is 0 Å². The summed E-state index contributed by atoms with van der Waals surface area (Å²) in [5.74, 6) is 0. The number of rotatable bonds is 4. The van der Waals surface area contributed by atoms with Crippen molar-refractivity contribution in [3.8, 4) is 0 Å². The lowest BCUT2D eigenvalue weighted by Gasteiger charge is -2.24. The molecule has 0 spiro atoms. The number of fused-ring (bicyclic) bond motifs is 1. The van der Waals surface area contributed by atoms with Crippen LogP contribution >= 0.6 is 0 Å². The third-order valence-corrected chi connectivity index (χ3v) is 4.28. The summed E-state index contributed by atoms with van der Waals surface area (Å²) < 4.78 is 1.85. The molecule has 0 bridgehead atoms. The Morgan fingerprint density at radius 2 is 2.05 bits per heavy atom. The zero-order valence-corrected chi connectivity index (χ0v) is 13.1. The zero-order chi connectivity index (χ0) is 15.5. The SMILES string of the molecule is Cc1cnn(CCNC(=O)N(C)C2Cc3ccccc3C2)c1. The van der Waals surface area contributed by atoms with Gasteiger partial charge in [-0.2, -0.15) is 5.10 Å². The summed E-state index contributed by atoms with van der Waals surface area (Å²) in [6.07, 6.45) is 5.68. The van der Waals surface area contributed by atoms with E-state index in [1.165, 1.54) is 11.1 Å². The molecule has 1 aliphatic rings. The molecule has 116 valence electrons. The highest BCUT2D eigenvalue weighted by Gasteiger charge is 2.26. The van der Waals surface area contributed by atoms with Gasteiger partial charge in [0.15, 0.2) is 0 Å². The maximum absolute atomic E-state index is 12.3. The molecule has 0 aliphatic heterocycles. The molecular weight excluding hydrogens is 276 g/mol. The largest absolute Gasteiger partial charge is 0.336 e. The molecule has 0 saturated heterocycles. The van der Waals surface area contributed by atoms with Gasteiger partial charge in [-0.25, -0.2) is 4.79 Å². The number of likely N-dealkylation sites (N-methyl/N-ethyl adjacent to an activating group) is 1. The molecule has 1 aromatic heterocycles. The first kappa shape index (κ1) is 14.6. The molecule has 2 amide bonds. The van der Waals surface area contributed by atoms with Gasteiger partial charge in [-0.05, 0) is 36.5 Å². The Morgan fingerprint density at radius 1 is 1.36 bits per heavy atom. The number of hydrogen-bond acceptors (Lipinski definition) is 2. The van der Waals surface area contributed by atoms with Gasteiger partial charge >= 0.3 is 6.03 Å². The monoisotopic (exact) mass is 298 g/mol. The predicted molar refractivity (Wildman–Crippen MR) is 85.8 cm³/mol. The van der Waals surface area contributed by atoms with Gasteiger partial charge in [-0.3, -0.25) is 4.68 Å². The molecule has 0 saturated carbocycles. The van der Waals surface area contributed by atoms with Gasteiger partial charge < -0.3 is 10.2 Å². The van der Waals surface area contributed by atoms with Gasteiger partial charge in [-0.1, -0.05) is 24.3 Å². The maximum Gasteiger partial charge on any atom is 0.317 e. The van der Waals surface area contributed by atoms with E-state index in [1.54, 1.807) is 0 Å². The highest BCUT2D eigenvalue weighted by molar-refractivity contribution is 5.74. The number of nitrogens with zero attached hydrogens (tertiary/aromatic N) is 3. The van der Waals surface area contributed by atoms with Gasteiger partial charge in [-0.15, -0.1) is 0 Å². The summed E-state index contributed by atoms with van der Waals surface area (Å²) in [5.41, 5.74) is 3.85. The first-order chi connectivity index (χ1) is 10.6. The molecule has 1 heterocycles. The molecule has 22 heavy (non-hydrogen) atoms. The van der Waals surface area contributed by atoms with Crippen LogP contribution in [-0.2, 0) is 19.4 Å². The van der Waals surface area contributed by atoms with Crippen LogP contribution in [-0.4, -0.2) is 40.3 Å². The Bertz CT molecular complexity index is 639. The Balaban J connectivity index is 1.48. The molecule has 5 heteroatoms. The molecule has 5 nitrogen and oxygen atoms in total. The minimum Gasteiger partial charge on any atom is -0.336 e. The number of urea groups is 1. The lowest BCUT2D eigenvalue weighted by atomic mass is 10.1. The normalized spacial score (nSPS) is 13.9. The highest BCUT2D eigenvalue weighted by atomic mass is 16.2. The molecule has 1 aromatic carbocycles. The van der Waals surface area contributed by atoms with E-state index in [9.17, 15) is 4.79 Å². The van der Waals surface area contributed by atoms with Gasteiger partial charge in [0.2, 0.25) is 0 Å². The predicted octanol–water partition coefficient (Wildman–Crippen LogP) is 2.00. The first-order valence-corrected chi connectivity index (χ1v) is 7.70. The van der Waals surface area contributed by atoms with Crippen LogP contribution in [0.15, 0.2) is 36.7 Å². The Kier molecular flexibility index (Phi) is 4.13. The molecule has 1 N–H and O–H groups in total. The maximum atomic E-state index is 12.3. The van der Waals surface area contributed by atoms with Crippen LogP contribution in [0.5, 0.6) is 0 Å². The second-order valence-corrected chi connectivity index (χ2v) is 5.95. The molecule has 0 radical (unpaired) electrons. The lowest BCUT2D eigenvalue weighted by molar-refractivity contribution is 0.191. The number of carbonyl (C=O) groups is 1. The van der Waals surface area contributed by atoms with Crippen LogP contribution < -0.4 is 5.32 Å². The fourth-order valence-electron chi connectivity index (χ4n) is 2.97. The zero-order valence-electron chi connectivity index (χ0n) is 13.1. The van der Waals surface area contributed by atoms with Crippen LogP contribution in [0.25, 0.3) is 0 Å². The summed E-state index contributed by atoms with van der Waals surface area (Å²) in [6, 6.07) is 8.68. The van der Waals surface area contributed by atoms with E-state index in [0.29, 0.717) is 13.1 Å². The Labute approximate surface area is 130 Å². The number of aryl methyl sites for hydroxylation is 1. The summed E-state index contributed by atoms with van der Waals surface area (Å²) in [5, 5.41) is 7.18. The van der Waals surface area contributed by atoms with Crippen molar-refractivity contribution in [3.05, 3.63) is 53.3 Å². The number of nitrogens with one attached hydrogen (secondary N) is 1. The van der Waals surface area contributed by atoms with Crippen molar-refractivity contribution in [2.75, 3.05) is 13.6 Å². The van der Waals surface area contributed by atoms with Crippen molar-refractivity contribution in [2.45, 2.75) is 32.4 Å². The quantitative estimate of drug-likeness (QED) is 0.938. The van der Waals surface area contributed by atoms with E-state index in [4.69, 9.17) is 0 Å². The third kappa shape index (κ3) is 3.13. The fourth-order valence-corrected chi connectivity index (χ4v) is 2.97. The minimum absolute atomic E-state index is 0.0123. The fraction of sp³-hybridized carbons (Fsp3) is 0.412. The van der Waals surface area contributed by atoms with Crippen LogP contribution in [0.3, 0.4) is 0 Å². The molecule has 3 rings (SSSR count). The summed E-state index contributed by atoms with van der Waals surface area (Å²) in [4.78, 5) is 14.1. The van der Waals surface area contributed by atoms with Crippen molar-refractivity contribution in [2.24, 2.45) is 0 Å². The number of benzene rings is 1. The number of carbonyl (C=O) groups excluding carboxylic acids is 1. The van der Waals surface area contributed by atoms with E-state index in [2.05, 4.69) is 34.7 Å². The summed E-state index contributed by atoms with van der Waals surface area (Å²) in [7, 11) is 1.88. The number of hydrogen-bond donors (Lipinski definition) is 1. The third-order valence-electron chi connectivity index (χ3n) is 4.28. The average Bonchev–Trinajstić information content (AvgIpc) is 3.12. The molecule has 2 aromatic rings. The Morgan fingerprint density at radius 3 is 2.64 bits per heavy atom. The average molecular weight is 298 g/mol. The van der Waals surface area contributed by atoms with E-state index >= 15 is 0 Å². The standard InChI is InChI=1S/C17H22N4O/c1-13-11-19-21(12-13)8-7-18-17(22)20(2)16-9-14-5-3-4-6-15(14)10-16/h3-6,11-12,16H,7-10H2,1-2H3,(H,18,22). The first-order valence-electron chi connectivity index (χ1n) is 7.70. The lowest BCUT2D eigenvalue weighted by Crippen LogP contribution is -2.44. The molecular formula is C17H22N4O. The van der Waals surface area contributed by atoms with Crippen LogP contribution in [0.1, 0.15) is 16.7 Å². The summed E-state index contributed by atoms with van der Waals surface area (Å²) in [6.45, 7) is 3.29. The second-order valence-electron chi connectivity index (χ2n) is 5.95. The van der Waals surface area contributed by atoms with Crippen molar-refractivity contribution < 1.29 is 4.79 Å². The van der Waals surface area contributed by atoms with Crippen molar-refractivity contribution in [3.63, 3.8) is 0 Å². The van der Waals surface area contributed by atoms with E-state index in [-0.39, 0.29) is 12.1 Å². The van der Waals surface area contributed by atoms with Crippen molar-refractivity contribution in [1.29, 1.82) is 0 Å². The molecule has 0 atom stereocenters.